The fourth-order valence-electron chi connectivity index (χ4n) is 3.62. The first-order valence-corrected chi connectivity index (χ1v) is 12.0. The number of rotatable bonds is 11. The van der Waals surface area contributed by atoms with E-state index in [1.165, 1.54) is 0 Å². The summed E-state index contributed by atoms with van der Waals surface area (Å²) in [5.74, 6) is 1.38. The molecule has 182 valence electrons. The fourth-order valence-corrected chi connectivity index (χ4v) is 3.62. The van der Waals surface area contributed by atoms with Gasteiger partial charge in [-0.15, -0.1) is 0 Å². The minimum atomic E-state index is -0.207. The molecule has 1 amide bonds. The second kappa shape index (κ2) is 12.8. The number of nitrogens with one attached hydrogen (secondary N) is 2. The monoisotopic (exact) mass is 478 g/mol. The van der Waals surface area contributed by atoms with E-state index in [1.54, 1.807) is 12.1 Å². The fraction of sp³-hybridized carbons (Fsp3) is 0.129. The van der Waals surface area contributed by atoms with Gasteiger partial charge in [-0.1, -0.05) is 72.8 Å². The van der Waals surface area contributed by atoms with Crippen LogP contribution in [-0.4, -0.2) is 12.5 Å². The van der Waals surface area contributed by atoms with Gasteiger partial charge in [0, 0.05) is 17.7 Å². The number of hydrazine groups is 1. The molecule has 0 aliphatic carbocycles. The van der Waals surface area contributed by atoms with E-state index in [2.05, 4.69) is 23.0 Å². The van der Waals surface area contributed by atoms with Crippen molar-refractivity contribution in [3.05, 3.63) is 137 Å². The summed E-state index contributed by atoms with van der Waals surface area (Å²) in [6, 6.07) is 35.1. The van der Waals surface area contributed by atoms with Gasteiger partial charge in [0.1, 0.15) is 18.1 Å². The molecule has 0 atom stereocenters. The third-order valence-electron chi connectivity index (χ3n) is 5.47. The number of hydrogen-bond donors (Lipinski definition) is 2. The topological polar surface area (TPSA) is 59.6 Å². The highest BCUT2D eigenvalue weighted by atomic mass is 16.5. The van der Waals surface area contributed by atoms with Gasteiger partial charge in [-0.3, -0.25) is 10.2 Å². The Kier molecular flexibility index (Phi) is 8.76. The maximum Gasteiger partial charge on any atom is 0.269 e. The van der Waals surface area contributed by atoms with Crippen molar-refractivity contribution in [2.75, 3.05) is 6.61 Å². The van der Waals surface area contributed by atoms with Crippen LogP contribution in [0, 0.1) is 0 Å². The van der Waals surface area contributed by atoms with E-state index in [0.717, 1.165) is 33.9 Å². The minimum absolute atomic E-state index is 0.207. The summed E-state index contributed by atoms with van der Waals surface area (Å²) in [7, 11) is 0. The number of amides is 1. The van der Waals surface area contributed by atoms with Crippen LogP contribution in [-0.2, 0) is 13.0 Å². The van der Waals surface area contributed by atoms with E-state index in [1.807, 2.05) is 97.9 Å². The van der Waals surface area contributed by atoms with Crippen molar-refractivity contribution >= 4 is 12.0 Å². The molecule has 4 aromatic carbocycles. The minimum Gasteiger partial charge on any atom is -0.494 e. The Labute approximate surface area is 212 Å². The van der Waals surface area contributed by atoms with Crippen LogP contribution in [0.2, 0.25) is 0 Å². The summed E-state index contributed by atoms with van der Waals surface area (Å²) in [4.78, 5) is 12.8. The molecule has 0 aliphatic heterocycles. The van der Waals surface area contributed by atoms with Gasteiger partial charge in [-0.2, -0.15) is 0 Å². The van der Waals surface area contributed by atoms with Crippen molar-refractivity contribution in [2.24, 2.45) is 0 Å². The average Bonchev–Trinajstić information content (AvgIpc) is 2.93. The Morgan fingerprint density at radius 1 is 0.694 bits per heavy atom. The van der Waals surface area contributed by atoms with Gasteiger partial charge in [0.2, 0.25) is 0 Å². The molecule has 0 bridgehead atoms. The lowest BCUT2D eigenvalue weighted by Crippen LogP contribution is -2.37. The standard InChI is InChI=1S/C31H30N2O3/c1-2-35-29-17-19-30(20-18-29)36-23-26-13-15-27(16-14-26)31(34)33-32-28(21-24-9-5-3-6-10-24)22-25-11-7-4-8-12-25/h3-21,32H,2,22-23H2,1H3,(H,33,34)/b28-21+. The molecular formula is C31H30N2O3. The number of carbonyl (C=O) groups excluding carboxylic acids is 1. The number of allylic oxidation sites excluding steroid dienone is 1. The summed E-state index contributed by atoms with van der Waals surface area (Å²) < 4.78 is 11.3. The van der Waals surface area contributed by atoms with Crippen LogP contribution in [0.3, 0.4) is 0 Å². The van der Waals surface area contributed by atoms with Crippen LogP contribution >= 0.6 is 0 Å². The van der Waals surface area contributed by atoms with Crippen molar-refractivity contribution in [1.82, 2.24) is 10.9 Å². The zero-order chi connectivity index (χ0) is 25.0. The average molecular weight is 479 g/mol. The molecule has 0 heterocycles. The predicted octanol–water partition coefficient (Wildman–Crippen LogP) is 6.18. The van der Waals surface area contributed by atoms with Crippen molar-refractivity contribution in [1.29, 1.82) is 0 Å². The zero-order valence-electron chi connectivity index (χ0n) is 20.3. The molecule has 0 saturated carbocycles. The SMILES string of the molecule is CCOc1ccc(OCc2ccc(C(=O)NN/C(=C/c3ccccc3)Cc3ccccc3)cc2)cc1. The van der Waals surface area contributed by atoms with Gasteiger partial charge in [0.15, 0.2) is 0 Å². The molecule has 5 heteroatoms. The highest BCUT2D eigenvalue weighted by molar-refractivity contribution is 5.94. The number of carbonyl (C=O) groups is 1. The largest absolute Gasteiger partial charge is 0.494 e. The van der Waals surface area contributed by atoms with Crippen molar-refractivity contribution in [3.63, 3.8) is 0 Å². The highest BCUT2D eigenvalue weighted by Crippen LogP contribution is 2.19. The van der Waals surface area contributed by atoms with Gasteiger partial charge in [0.05, 0.1) is 6.61 Å². The maximum absolute atomic E-state index is 12.8. The van der Waals surface area contributed by atoms with Crippen LogP contribution in [0.5, 0.6) is 11.5 Å². The first kappa shape index (κ1) is 24.6. The molecule has 4 aromatic rings. The van der Waals surface area contributed by atoms with Crippen LogP contribution < -0.4 is 20.3 Å². The Morgan fingerprint density at radius 3 is 1.94 bits per heavy atom. The smallest absolute Gasteiger partial charge is 0.269 e. The maximum atomic E-state index is 12.8. The lowest BCUT2D eigenvalue weighted by Gasteiger charge is -2.13. The first-order chi connectivity index (χ1) is 17.7. The molecule has 5 nitrogen and oxygen atoms in total. The molecule has 0 saturated heterocycles. The van der Waals surface area contributed by atoms with Gasteiger partial charge in [-0.05, 0) is 66.1 Å². The Bertz CT molecular complexity index is 1250. The van der Waals surface area contributed by atoms with Gasteiger partial charge < -0.3 is 14.9 Å². The van der Waals surface area contributed by atoms with Gasteiger partial charge >= 0.3 is 0 Å². The quantitative estimate of drug-likeness (QED) is 0.253. The predicted molar refractivity (Wildman–Crippen MR) is 144 cm³/mol. The second-order valence-electron chi connectivity index (χ2n) is 8.21. The Hall–Kier alpha value is -4.51. The van der Waals surface area contributed by atoms with E-state index < -0.39 is 0 Å². The summed E-state index contributed by atoms with van der Waals surface area (Å²) in [6.45, 7) is 3.00. The Balaban J connectivity index is 1.34. The molecule has 0 aliphatic rings. The number of hydrogen-bond acceptors (Lipinski definition) is 4. The van der Waals surface area contributed by atoms with E-state index in [-0.39, 0.29) is 5.91 Å². The van der Waals surface area contributed by atoms with Crippen molar-refractivity contribution in [3.8, 4) is 11.5 Å². The summed E-state index contributed by atoms with van der Waals surface area (Å²) in [5, 5.41) is 0. The van der Waals surface area contributed by atoms with Crippen LogP contribution in [0.4, 0.5) is 0 Å². The third-order valence-corrected chi connectivity index (χ3v) is 5.47. The zero-order valence-corrected chi connectivity index (χ0v) is 20.3. The van der Waals surface area contributed by atoms with Crippen molar-refractivity contribution < 1.29 is 14.3 Å². The lowest BCUT2D eigenvalue weighted by molar-refractivity contribution is 0.0938. The molecule has 0 radical (unpaired) electrons. The van der Waals surface area contributed by atoms with E-state index in [0.29, 0.717) is 25.2 Å². The number of ether oxygens (including phenoxy) is 2. The summed E-state index contributed by atoms with van der Waals surface area (Å²) in [5.41, 5.74) is 10.6. The molecule has 0 fully saturated rings. The first-order valence-electron chi connectivity index (χ1n) is 12.0. The molecule has 0 spiro atoms. The molecule has 36 heavy (non-hydrogen) atoms. The summed E-state index contributed by atoms with van der Waals surface area (Å²) >= 11 is 0. The normalized spacial score (nSPS) is 11.0. The van der Waals surface area contributed by atoms with Gasteiger partial charge in [0.25, 0.3) is 5.91 Å². The van der Waals surface area contributed by atoms with E-state index >= 15 is 0 Å². The van der Waals surface area contributed by atoms with Crippen molar-refractivity contribution in [2.45, 2.75) is 20.0 Å². The molecule has 0 aromatic heterocycles. The number of benzene rings is 4. The van der Waals surface area contributed by atoms with Gasteiger partial charge in [-0.25, -0.2) is 0 Å². The molecular weight excluding hydrogens is 448 g/mol. The van der Waals surface area contributed by atoms with E-state index in [4.69, 9.17) is 9.47 Å². The third kappa shape index (κ3) is 7.50. The van der Waals surface area contributed by atoms with Crippen LogP contribution in [0.25, 0.3) is 6.08 Å². The highest BCUT2D eigenvalue weighted by Gasteiger charge is 2.07. The lowest BCUT2D eigenvalue weighted by atomic mass is 10.1. The second-order valence-corrected chi connectivity index (χ2v) is 8.21. The van der Waals surface area contributed by atoms with E-state index in [9.17, 15) is 4.79 Å². The Morgan fingerprint density at radius 2 is 1.31 bits per heavy atom. The molecule has 0 unspecified atom stereocenters. The van der Waals surface area contributed by atoms with Crippen LogP contribution in [0.1, 0.15) is 34.0 Å². The van der Waals surface area contributed by atoms with Crippen LogP contribution in [0.15, 0.2) is 115 Å². The summed E-state index contributed by atoms with van der Waals surface area (Å²) in [6.07, 6.45) is 2.70. The molecule has 4 rings (SSSR count). The molecule has 2 N–H and O–H groups in total.